The van der Waals surface area contributed by atoms with Gasteiger partial charge in [0.1, 0.15) is 12.5 Å². The second-order valence-electron chi connectivity index (χ2n) is 2.75. The molecular formula is C9H11NO. The van der Waals surface area contributed by atoms with Crippen molar-refractivity contribution in [2.45, 2.75) is 13.0 Å². The van der Waals surface area contributed by atoms with E-state index in [1.165, 1.54) is 5.56 Å². The molecule has 1 aliphatic heterocycles. The van der Waals surface area contributed by atoms with Crippen LogP contribution in [0, 0.1) is 0 Å². The van der Waals surface area contributed by atoms with Crippen LogP contribution in [0.15, 0.2) is 24.3 Å². The van der Waals surface area contributed by atoms with E-state index in [9.17, 15) is 0 Å². The Bertz CT molecular complexity index is 259. The van der Waals surface area contributed by atoms with Crippen molar-refractivity contribution in [2.24, 2.45) is 0 Å². The van der Waals surface area contributed by atoms with Crippen molar-refractivity contribution >= 4 is 0 Å². The molecule has 1 aliphatic rings. The fraction of sp³-hybridized carbons (Fsp3) is 0.333. The minimum atomic E-state index is 0.417. The topological polar surface area (TPSA) is 21.3 Å². The minimum Gasteiger partial charge on any atom is -0.478 e. The van der Waals surface area contributed by atoms with Crippen LogP contribution in [-0.2, 0) is 0 Å². The average molecular weight is 149 g/mol. The van der Waals surface area contributed by atoms with Gasteiger partial charge in [0, 0.05) is 11.6 Å². The Hall–Kier alpha value is -1.02. The zero-order valence-corrected chi connectivity index (χ0v) is 6.50. The highest BCUT2D eigenvalue weighted by molar-refractivity contribution is 5.36. The molecule has 1 unspecified atom stereocenters. The standard InChI is InChI=1S/C9H11NO/c1-7-8-4-2-3-5-9(8)11-6-10-7/h2-5,7,10H,6H2,1H3. The van der Waals surface area contributed by atoms with E-state index >= 15 is 0 Å². The third-order valence-corrected chi connectivity index (χ3v) is 2.00. The maximum absolute atomic E-state index is 5.38. The Morgan fingerprint density at radius 2 is 2.27 bits per heavy atom. The minimum absolute atomic E-state index is 0.417. The van der Waals surface area contributed by atoms with Crippen molar-refractivity contribution in [3.8, 4) is 5.75 Å². The van der Waals surface area contributed by atoms with Crippen molar-refractivity contribution in [2.75, 3.05) is 6.73 Å². The van der Waals surface area contributed by atoms with E-state index in [0.717, 1.165) is 5.75 Å². The van der Waals surface area contributed by atoms with Crippen molar-refractivity contribution < 1.29 is 4.74 Å². The van der Waals surface area contributed by atoms with E-state index in [0.29, 0.717) is 12.8 Å². The van der Waals surface area contributed by atoms with Gasteiger partial charge in [0.15, 0.2) is 0 Å². The molecule has 2 heteroatoms. The summed E-state index contributed by atoms with van der Waals surface area (Å²) in [5.74, 6) is 1.01. The van der Waals surface area contributed by atoms with Gasteiger partial charge in [0.05, 0.1) is 0 Å². The van der Waals surface area contributed by atoms with Gasteiger partial charge >= 0.3 is 0 Å². The molecule has 2 nitrogen and oxygen atoms in total. The first-order valence-electron chi connectivity index (χ1n) is 3.83. The number of nitrogens with one attached hydrogen (secondary N) is 1. The molecule has 0 saturated heterocycles. The average Bonchev–Trinajstić information content (AvgIpc) is 2.06. The molecule has 1 aromatic rings. The van der Waals surface area contributed by atoms with Crippen LogP contribution in [0.3, 0.4) is 0 Å². The van der Waals surface area contributed by atoms with Crippen LogP contribution in [0.5, 0.6) is 5.75 Å². The largest absolute Gasteiger partial charge is 0.478 e. The Kier molecular flexibility index (Phi) is 1.55. The molecule has 0 aromatic heterocycles. The molecule has 2 rings (SSSR count). The first-order chi connectivity index (χ1) is 5.38. The summed E-state index contributed by atoms with van der Waals surface area (Å²) in [5, 5.41) is 3.22. The lowest BCUT2D eigenvalue weighted by Crippen LogP contribution is -2.28. The zero-order chi connectivity index (χ0) is 7.68. The van der Waals surface area contributed by atoms with Crippen LogP contribution in [-0.4, -0.2) is 6.73 Å². The van der Waals surface area contributed by atoms with Crippen LogP contribution >= 0.6 is 0 Å². The van der Waals surface area contributed by atoms with E-state index in [1.54, 1.807) is 0 Å². The molecule has 58 valence electrons. The highest BCUT2D eigenvalue weighted by Crippen LogP contribution is 2.26. The summed E-state index contributed by atoms with van der Waals surface area (Å²) in [7, 11) is 0. The molecule has 11 heavy (non-hydrogen) atoms. The monoisotopic (exact) mass is 149 g/mol. The third-order valence-electron chi connectivity index (χ3n) is 2.00. The second-order valence-corrected chi connectivity index (χ2v) is 2.75. The van der Waals surface area contributed by atoms with Gasteiger partial charge in [0.2, 0.25) is 0 Å². The summed E-state index contributed by atoms with van der Waals surface area (Å²) in [6.45, 7) is 2.76. The van der Waals surface area contributed by atoms with Gasteiger partial charge in [-0.3, -0.25) is 5.32 Å². The van der Waals surface area contributed by atoms with E-state index in [4.69, 9.17) is 4.74 Å². The lowest BCUT2D eigenvalue weighted by molar-refractivity contribution is 0.237. The van der Waals surface area contributed by atoms with Crippen molar-refractivity contribution in [3.63, 3.8) is 0 Å². The van der Waals surface area contributed by atoms with Gasteiger partial charge in [-0.25, -0.2) is 0 Å². The van der Waals surface area contributed by atoms with Crippen LogP contribution in [0.2, 0.25) is 0 Å². The molecule has 0 radical (unpaired) electrons. The summed E-state index contributed by atoms with van der Waals surface area (Å²) in [5.41, 5.74) is 1.25. The second kappa shape index (κ2) is 2.55. The maximum Gasteiger partial charge on any atom is 0.140 e. The maximum atomic E-state index is 5.38. The molecule has 0 fully saturated rings. The third kappa shape index (κ3) is 1.10. The Morgan fingerprint density at radius 3 is 3.09 bits per heavy atom. The highest BCUT2D eigenvalue weighted by atomic mass is 16.5. The Labute approximate surface area is 66.2 Å². The van der Waals surface area contributed by atoms with Gasteiger partial charge in [-0.15, -0.1) is 0 Å². The normalized spacial score (nSPS) is 22.1. The van der Waals surface area contributed by atoms with Crippen LogP contribution in [0.4, 0.5) is 0 Å². The SMILES string of the molecule is CC1NCOc2ccccc21. The van der Waals surface area contributed by atoms with E-state index in [-0.39, 0.29) is 0 Å². The number of hydrogen-bond acceptors (Lipinski definition) is 2. The predicted octanol–water partition coefficient (Wildman–Crippen LogP) is 1.69. The number of hydrogen-bond donors (Lipinski definition) is 1. The van der Waals surface area contributed by atoms with Gasteiger partial charge in [0.25, 0.3) is 0 Å². The number of ether oxygens (including phenoxy) is 1. The molecular weight excluding hydrogens is 138 g/mol. The van der Waals surface area contributed by atoms with Crippen molar-refractivity contribution in [1.29, 1.82) is 0 Å². The fourth-order valence-electron chi connectivity index (χ4n) is 1.32. The predicted molar refractivity (Wildman–Crippen MR) is 43.5 cm³/mol. The lowest BCUT2D eigenvalue weighted by Gasteiger charge is -2.23. The molecule has 1 N–H and O–H groups in total. The Balaban J connectivity index is 2.44. The Morgan fingerprint density at radius 1 is 1.45 bits per heavy atom. The highest BCUT2D eigenvalue weighted by Gasteiger charge is 2.14. The number of benzene rings is 1. The molecule has 1 atom stereocenters. The van der Waals surface area contributed by atoms with E-state index in [2.05, 4.69) is 18.3 Å². The summed E-state index contributed by atoms with van der Waals surface area (Å²) >= 11 is 0. The summed E-state index contributed by atoms with van der Waals surface area (Å²) in [6, 6.07) is 8.54. The van der Waals surface area contributed by atoms with E-state index < -0.39 is 0 Å². The first kappa shape index (κ1) is 6.68. The molecule has 0 saturated carbocycles. The summed E-state index contributed by atoms with van der Waals surface area (Å²) in [4.78, 5) is 0. The zero-order valence-electron chi connectivity index (χ0n) is 6.50. The number of para-hydroxylation sites is 1. The number of fused-ring (bicyclic) bond motifs is 1. The molecule has 0 spiro atoms. The van der Waals surface area contributed by atoms with Crippen LogP contribution < -0.4 is 10.1 Å². The quantitative estimate of drug-likeness (QED) is 0.606. The molecule has 1 heterocycles. The van der Waals surface area contributed by atoms with Gasteiger partial charge in [-0.2, -0.15) is 0 Å². The van der Waals surface area contributed by atoms with E-state index in [1.807, 2.05) is 18.2 Å². The first-order valence-corrected chi connectivity index (χ1v) is 3.83. The molecule has 1 aromatic carbocycles. The van der Waals surface area contributed by atoms with Crippen molar-refractivity contribution in [1.82, 2.24) is 5.32 Å². The lowest BCUT2D eigenvalue weighted by atomic mass is 10.1. The van der Waals surface area contributed by atoms with Gasteiger partial charge in [-0.1, -0.05) is 18.2 Å². The molecule has 0 aliphatic carbocycles. The molecule has 0 amide bonds. The van der Waals surface area contributed by atoms with Crippen LogP contribution in [0.25, 0.3) is 0 Å². The van der Waals surface area contributed by atoms with Gasteiger partial charge in [-0.05, 0) is 13.0 Å². The number of rotatable bonds is 0. The summed E-state index contributed by atoms with van der Waals surface area (Å²) < 4.78 is 5.38. The van der Waals surface area contributed by atoms with Gasteiger partial charge < -0.3 is 4.74 Å². The molecule has 0 bridgehead atoms. The smallest absolute Gasteiger partial charge is 0.140 e. The fourth-order valence-corrected chi connectivity index (χ4v) is 1.32. The van der Waals surface area contributed by atoms with Crippen molar-refractivity contribution in [3.05, 3.63) is 29.8 Å². The summed E-state index contributed by atoms with van der Waals surface area (Å²) in [6.07, 6.45) is 0. The van der Waals surface area contributed by atoms with Crippen LogP contribution in [0.1, 0.15) is 18.5 Å².